The number of hydrogen-bond acceptors (Lipinski definition) is 0. The lowest BCUT2D eigenvalue weighted by Gasteiger charge is -2.22. The van der Waals surface area contributed by atoms with Crippen molar-refractivity contribution in [2.75, 3.05) is 0 Å². The first kappa shape index (κ1) is 13.4. The summed E-state index contributed by atoms with van der Waals surface area (Å²) in [5, 5.41) is 0. The lowest BCUT2D eigenvalue weighted by molar-refractivity contribution is 0.353. The summed E-state index contributed by atoms with van der Waals surface area (Å²) in [6.07, 6.45) is 7.28. The Morgan fingerprint density at radius 2 is 1.94 bits per heavy atom. The van der Waals surface area contributed by atoms with Crippen molar-refractivity contribution in [3.05, 3.63) is 33.5 Å². The molecular formula is C14H17BrClF. The molecule has 0 nitrogen and oxygen atoms in total. The number of alkyl halides is 1. The van der Waals surface area contributed by atoms with Gasteiger partial charge in [0.05, 0.1) is 5.88 Å². The van der Waals surface area contributed by atoms with E-state index in [1.165, 1.54) is 32.1 Å². The van der Waals surface area contributed by atoms with Gasteiger partial charge in [0.25, 0.3) is 0 Å². The number of rotatable bonds is 3. The molecule has 1 fully saturated rings. The number of hydrogen-bond donors (Lipinski definition) is 0. The maximum absolute atomic E-state index is 14.2. The first-order valence-electron chi connectivity index (χ1n) is 6.24. The minimum Gasteiger partial charge on any atom is -0.206 e. The minimum absolute atomic E-state index is 0.111. The molecule has 3 heteroatoms. The van der Waals surface area contributed by atoms with Crippen LogP contribution in [0.5, 0.6) is 0 Å². The molecule has 17 heavy (non-hydrogen) atoms. The highest BCUT2D eigenvalue weighted by Crippen LogP contribution is 2.30. The first-order valence-corrected chi connectivity index (χ1v) is 7.57. The van der Waals surface area contributed by atoms with Crippen LogP contribution in [0.1, 0.15) is 43.2 Å². The molecule has 1 aromatic rings. The molecule has 0 amide bonds. The van der Waals surface area contributed by atoms with E-state index in [2.05, 4.69) is 15.9 Å². The maximum Gasteiger partial charge on any atom is 0.131 e. The Hall–Kier alpha value is -0.0800. The third kappa shape index (κ3) is 3.23. The van der Waals surface area contributed by atoms with E-state index >= 15 is 0 Å². The molecule has 0 radical (unpaired) electrons. The Labute approximate surface area is 116 Å². The molecule has 1 aromatic carbocycles. The quantitative estimate of drug-likeness (QED) is 0.650. The summed E-state index contributed by atoms with van der Waals surface area (Å²) in [6.45, 7) is 0. The Bertz CT molecular complexity index is 386. The second kappa shape index (κ2) is 6.19. The van der Waals surface area contributed by atoms with E-state index in [0.29, 0.717) is 11.5 Å². The molecule has 0 saturated heterocycles. The lowest BCUT2D eigenvalue weighted by atomic mass is 9.84. The number of benzene rings is 1. The summed E-state index contributed by atoms with van der Waals surface area (Å²) >= 11 is 9.12. The molecule has 1 aliphatic rings. The van der Waals surface area contributed by atoms with Gasteiger partial charge in [-0.1, -0.05) is 54.1 Å². The van der Waals surface area contributed by atoms with Crippen LogP contribution in [-0.2, 0) is 12.3 Å². The Morgan fingerprint density at radius 1 is 1.24 bits per heavy atom. The Balaban J connectivity index is 2.15. The molecule has 0 bridgehead atoms. The highest BCUT2D eigenvalue weighted by atomic mass is 79.9. The van der Waals surface area contributed by atoms with Gasteiger partial charge in [-0.2, -0.15) is 0 Å². The van der Waals surface area contributed by atoms with Gasteiger partial charge in [0, 0.05) is 10.0 Å². The SMILES string of the molecule is Fc1c(CC2CCCCC2)ccc(Br)c1CCl. The van der Waals surface area contributed by atoms with E-state index in [-0.39, 0.29) is 11.7 Å². The van der Waals surface area contributed by atoms with Crippen LogP contribution in [0.15, 0.2) is 16.6 Å². The van der Waals surface area contributed by atoms with Crippen molar-refractivity contribution < 1.29 is 4.39 Å². The minimum atomic E-state index is -0.111. The highest BCUT2D eigenvalue weighted by Gasteiger charge is 2.18. The van der Waals surface area contributed by atoms with Gasteiger partial charge in [-0.3, -0.25) is 0 Å². The second-order valence-electron chi connectivity index (χ2n) is 4.84. The summed E-state index contributed by atoms with van der Waals surface area (Å²) in [4.78, 5) is 0. The third-order valence-electron chi connectivity index (χ3n) is 3.63. The molecule has 0 N–H and O–H groups in total. The molecule has 0 spiro atoms. The molecule has 94 valence electrons. The molecule has 2 rings (SSSR count). The van der Waals surface area contributed by atoms with Crippen LogP contribution >= 0.6 is 27.5 Å². The fourth-order valence-electron chi connectivity index (χ4n) is 2.63. The fraction of sp³-hybridized carbons (Fsp3) is 0.571. The van der Waals surface area contributed by atoms with Gasteiger partial charge in [0.1, 0.15) is 5.82 Å². The third-order valence-corrected chi connectivity index (χ3v) is 4.64. The molecular weight excluding hydrogens is 303 g/mol. The van der Waals surface area contributed by atoms with Gasteiger partial charge < -0.3 is 0 Å². The van der Waals surface area contributed by atoms with Crippen molar-refractivity contribution in [1.29, 1.82) is 0 Å². The average molecular weight is 320 g/mol. The summed E-state index contributed by atoms with van der Waals surface area (Å²) in [5.41, 5.74) is 1.43. The molecule has 0 heterocycles. The summed E-state index contributed by atoms with van der Waals surface area (Å²) in [5.74, 6) is 0.771. The van der Waals surface area contributed by atoms with Crippen molar-refractivity contribution in [2.24, 2.45) is 5.92 Å². The van der Waals surface area contributed by atoms with Gasteiger partial charge in [0.2, 0.25) is 0 Å². The zero-order valence-corrected chi connectivity index (χ0v) is 12.2. The molecule has 0 atom stereocenters. The van der Waals surface area contributed by atoms with Gasteiger partial charge in [-0.15, -0.1) is 11.6 Å². The van der Waals surface area contributed by atoms with Crippen molar-refractivity contribution in [2.45, 2.75) is 44.4 Å². The summed E-state index contributed by atoms with van der Waals surface area (Å²) in [7, 11) is 0. The predicted octanol–water partition coefficient (Wildman–Crippen LogP) is 5.45. The van der Waals surface area contributed by atoms with E-state index in [1.54, 1.807) is 0 Å². The van der Waals surface area contributed by atoms with Crippen molar-refractivity contribution in [3.8, 4) is 0 Å². The topological polar surface area (TPSA) is 0 Å². The lowest BCUT2D eigenvalue weighted by Crippen LogP contribution is -2.11. The molecule has 0 aliphatic heterocycles. The predicted molar refractivity (Wildman–Crippen MR) is 73.9 cm³/mol. The first-order chi connectivity index (χ1) is 8.22. The van der Waals surface area contributed by atoms with E-state index in [9.17, 15) is 4.39 Å². The van der Waals surface area contributed by atoms with Crippen LogP contribution in [0.25, 0.3) is 0 Å². The normalized spacial score (nSPS) is 17.4. The van der Waals surface area contributed by atoms with Gasteiger partial charge >= 0.3 is 0 Å². The zero-order chi connectivity index (χ0) is 12.3. The van der Waals surface area contributed by atoms with Crippen LogP contribution < -0.4 is 0 Å². The van der Waals surface area contributed by atoms with Crippen molar-refractivity contribution in [1.82, 2.24) is 0 Å². The van der Waals surface area contributed by atoms with E-state index in [0.717, 1.165) is 16.5 Å². The second-order valence-corrected chi connectivity index (χ2v) is 5.96. The maximum atomic E-state index is 14.2. The van der Waals surface area contributed by atoms with E-state index in [4.69, 9.17) is 11.6 Å². The van der Waals surface area contributed by atoms with E-state index < -0.39 is 0 Å². The van der Waals surface area contributed by atoms with Crippen molar-refractivity contribution in [3.63, 3.8) is 0 Å². The van der Waals surface area contributed by atoms with Gasteiger partial charge in [0.15, 0.2) is 0 Å². The van der Waals surface area contributed by atoms with Gasteiger partial charge in [-0.25, -0.2) is 4.39 Å². The van der Waals surface area contributed by atoms with Crippen LogP contribution in [0.2, 0.25) is 0 Å². The average Bonchev–Trinajstić information content (AvgIpc) is 2.35. The zero-order valence-electron chi connectivity index (χ0n) is 9.82. The molecule has 1 aliphatic carbocycles. The van der Waals surface area contributed by atoms with Gasteiger partial charge in [-0.05, 0) is 24.0 Å². The smallest absolute Gasteiger partial charge is 0.131 e. The standard InChI is InChI=1S/C14H17BrClF/c15-13-7-6-11(14(17)12(13)9-16)8-10-4-2-1-3-5-10/h6-7,10H,1-5,8-9H2. The summed E-state index contributed by atoms with van der Waals surface area (Å²) < 4.78 is 14.9. The largest absolute Gasteiger partial charge is 0.206 e. The van der Waals surface area contributed by atoms with Crippen LogP contribution in [0.3, 0.4) is 0 Å². The van der Waals surface area contributed by atoms with Crippen molar-refractivity contribution >= 4 is 27.5 Å². The molecule has 0 aromatic heterocycles. The Kier molecular flexibility index (Phi) is 4.87. The van der Waals surface area contributed by atoms with E-state index in [1.807, 2.05) is 12.1 Å². The Morgan fingerprint density at radius 3 is 2.59 bits per heavy atom. The highest BCUT2D eigenvalue weighted by molar-refractivity contribution is 9.10. The number of halogens is 3. The molecule has 0 unspecified atom stereocenters. The van der Waals surface area contributed by atoms with Crippen LogP contribution in [0, 0.1) is 11.7 Å². The fourth-order valence-corrected chi connectivity index (χ4v) is 3.50. The molecule has 1 saturated carbocycles. The monoisotopic (exact) mass is 318 g/mol. The summed E-state index contributed by atoms with van der Waals surface area (Å²) in [6, 6.07) is 3.81. The van der Waals surface area contributed by atoms with Crippen LogP contribution in [-0.4, -0.2) is 0 Å². The van der Waals surface area contributed by atoms with Crippen LogP contribution in [0.4, 0.5) is 4.39 Å².